The van der Waals surface area contributed by atoms with Gasteiger partial charge in [0.2, 0.25) is 5.91 Å². The number of hydrogen-bond acceptors (Lipinski definition) is 4. The fourth-order valence-corrected chi connectivity index (χ4v) is 3.78. The van der Waals surface area contributed by atoms with Gasteiger partial charge in [-0.15, -0.1) is 0 Å². The number of carbonyl (C=O) groups is 1. The number of fused-ring (bicyclic) bond motifs is 3. The number of nitrogens with zero attached hydrogens (tertiary/aromatic N) is 3. The summed E-state index contributed by atoms with van der Waals surface area (Å²) in [5, 5.41) is 1.93. The number of benzene rings is 1. The number of aromatic amines is 1. The van der Waals surface area contributed by atoms with Gasteiger partial charge in [-0.05, 0) is 32.4 Å². The van der Waals surface area contributed by atoms with Gasteiger partial charge in [0.05, 0.1) is 11.3 Å². The molecule has 2 heterocycles. The van der Waals surface area contributed by atoms with Crippen molar-refractivity contribution in [2.24, 2.45) is 0 Å². The highest BCUT2D eigenvalue weighted by molar-refractivity contribution is 8.00. The second-order valence-corrected chi connectivity index (χ2v) is 7.16. The molecule has 0 atom stereocenters. The fourth-order valence-electron chi connectivity index (χ4n) is 2.92. The van der Waals surface area contributed by atoms with Crippen molar-refractivity contribution in [1.82, 2.24) is 19.9 Å². The van der Waals surface area contributed by atoms with Crippen molar-refractivity contribution in [3.8, 4) is 0 Å². The van der Waals surface area contributed by atoms with Crippen LogP contribution < -0.4 is 0 Å². The molecule has 0 radical (unpaired) electrons. The van der Waals surface area contributed by atoms with Crippen LogP contribution in [-0.4, -0.2) is 44.6 Å². The van der Waals surface area contributed by atoms with Gasteiger partial charge in [0.25, 0.3) is 0 Å². The molecule has 25 heavy (non-hydrogen) atoms. The molecule has 0 aliphatic heterocycles. The number of H-pyrrole nitrogens is 1. The number of aryl methyl sites for hydroxylation is 1. The molecular formula is C19H24N4OS. The van der Waals surface area contributed by atoms with Gasteiger partial charge < -0.3 is 9.88 Å². The molecule has 0 aliphatic rings. The van der Waals surface area contributed by atoms with Crippen molar-refractivity contribution in [1.29, 1.82) is 0 Å². The molecule has 0 fully saturated rings. The van der Waals surface area contributed by atoms with Crippen molar-refractivity contribution < 1.29 is 4.79 Å². The van der Waals surface area contributed by atoms with Crippen LogP contribution in [0.4, 0.5) is 0 Å². The van der Waals surface area contributed by atoms with E-state index >= 15 is 0 Å². The van der Waals surface area contributed by atoms with E-state index in [0.29, 0.717) is 5.75 Å². The molecule has 5 nitrogen and oxygen atoms in total. The SMILES string of the molecule is CCCCN(CC)C(=O)CSc1ncnc2c1[nH]c1ccc(C)cc12. The predicted molar refractivity (Wildman–Crippen MR) is 104 cm³/mol. The minimum atomic E-state index is 0.166. The third-order valence-electron chi connectivity index (χ3n) is 4.35. The second-order valence-electron chi connectivity index (χ2n) is 6.19. The predicted octanol–water partition coefficient (Wildman–Crippen LogP) is 4.16. The first-order valence-corrected chi connectivity index (χ1v) is 9.76. The molecule has 132 valence electrons. The maximum atomic E-state index is 12.5. The first-order chi connectivity index (χ1) is 12.1. The Hall–Kier alpha value is -2.08. The zero-order chi connectivity index (χ0) is 17.8. The first kappa shape index (κ1) is 17.7. The molecule has 0 spiro atoms. The van der Waals surface area contributed by atoms with Gasteiger partial charge in [0.15, 0.2) is 0 Å². The molecule has 0 bridgehead atoms. The van der Waals surface area contributed by atoms with Crippen LogP contribution in [0.15, 0.2) is 29.6 Å². The number of aromatic nitrogens is 3. The standard InChI is InChI=1S/C19H24N4OS/c1-4-6-9-23(5-2)16(24)11-25-19-18-17(20-12-21-19)14-10-13(3)7-8-15(14)22-18/h7-8,10,12,22H,4-6,9,11H2,1-3H3. The molecule has 0 unspecified atom stereocenters. The van der Waals surface area contributed by atoms with Gasteiger partial charge in [-0.25, -0.2) is 9.97 Å². The van der Waals surface area contributed by atoms with E-state index in [-0.39, 0.29) is 5.91 Å². The van der Waals surface area contributed by atoms with Crippen molar-refractivity contribution in [3.05, 3.63) is 30.1 Å². The summed E-state index contributed by atoms with van der Waals surface area (Å²) in [6.07, 6.45) is 3.72. The molecule has 0 saturated heterocycles. The Morgan fingerprint density at radius 2 is 2.12 bits per heavy atom. The summed E-state index contributed by atoms with van der Waals surface area (Å²) in [6.45, 7) is 7.83. The average molecular weight is 356 g/mol. The highest BCUT2D eigenvalue weighted by Gasteiger charge is 2.15. The zero-order valence-corrected chi connectivity index (χ0v) is 15.8. The summed E-state index contributed by atoms with van der Waals surface area (Å²) in [5.41, 5.74) is 4.08. The third-order valence-corrected chi connectivity index (χ3v) is 5.32. The van der Waals surface area contributed by atoms with Crippen molar-refractivity contribution >= 4 is 39.6 Å². The monoisotopic (exact) mass is 356 g/mol. The van der Waals surface area contributed by atoms with Crippen LogP contribution in [0, 0.1) is 6.92 Å². The lowest BCUT2D eigenvalue weighted by Gasteiger charge is -2.20. The number of hydrogen-bond donors (Lipinski definition) is 1. The zero-order valence-electron chi connectivity index (χ0n) is 15.0. The molecule has 2 aromatic heterocycles. The number of amides is 1. The number of nitrogens with one attached hydrogen (secondary N) is 1. The quantitative estimate of drug-likeness (QED) is 0.510. The molecule has 1 amide bonds. The number of carbonyl (C=O) groups excluding carboxylic acids is 1. The van der Waals surface area contributed by atoms with Crippen LogP contribution in [0.3, 0.4) is 0 Å². The van der Waals surface area contributed by atoms with Gasteiger partial charge in [-0.1, -0.05) is 36.7 Å². The van der Waals surface area contributed by atoms with Gasteiger partial charge in [0, 0.05) is 24.0 Å². The Kier molecular flexibility index (Phi) is 5.58. The first-order valence-electron chi connectivity index (χ1n) is 8.77. The van der Waals surface area contributed by atoms with E-state index in [1.807, 2.05) is 11.8 Å². The minimum absolute atomic E-state index is 0.166. The lowest BCUT2D eigenvalue weighted by Crippen LogP contribution is -2.33. The number of thioether (sulfide) groups is 1. The Labute approximate surface area is 152 Å². The largest absolute Gasteiger partial charge is 0.351 e. The van der Waals surface area contributed by atoms with E-state index in [4.69, 9.17) is 0 Å². The fraction of sp³-hybridized carbons (Fsp3) is 0.421. The molecule has 3 aromatic rings. The lowest BCUT2D eigenvalue weighted by molar-refractivity contribution is -0.128. The van der Waals surface area contributed by atoms with Crippen molar-refractivity contribution in [2.45, 2.75) is 38.6 Å². The van der Waals surface area contributed by atoms with Gasteiger partial charge in [-0.2, -0.15) is 0 Å². The summed E-state index contributed by atoms with van der Waals surface area (Å²) in [7, 11) is 0. The third kappa shape index (κ3) is 3.79. The molecule has 6 heteroatoms. The van der Waals surface area contributed by atoms with E-state index in [0.717, 1.165) is 52.9 Å². The van der Waals surface area contributed by atoms with E-state index in [2.05, 4.69) is 47.0 Å². The lowest BCUT2D eigenvalue weighted by atomic mass is 10.2. The maximum absolute atomic E-state index is 12.5. The van der Waals surface area contributed by atoms with E-state index in [1.54, 1.807) is 6.33 Å². The summed E-state index contributed by atoms with van der Waals surface area (Å²) in [5.74, 6) is 0.567. The Morgan fingerprint density at radius 3 is 2.88 bits per heavy atom. The summed E-state index contributed by atoms with van der Waals surface area (Å²) >= 11 is 1.48. The smallest absolute Gasteiger partial charge is 0.232 e. The minimum Gasteiger partial charge on any atom is -0.351 e. The van der Waals surface area contributed by atoms with E-state index < -0.39 is 0 Å². The summed E-state index contributed by atoms with van der Waals surface area (Å²) in [4.78, 5) is 26.6. The Balaban J connectivity index is 1.82. The van der Waals surface area contributed by atoms with E-state index in [9.17, 15) is 4.79 Å². The topological polar surface area (TPSA) is 61.9 Å². The maximum Gasteiger partial charge on any atom is 0.232 e. The summed E-state index contributed by atoms with van der Waals surface area (Å²) in [6, 6.07) is 6.27. The average Bonchev–Trinajstić information content (AvgIpc) is 2.99. The van der Waals surface area contributed by atoms with Crippen molar-refractivity contribution in [2.75, 3.05) is 18.8 Å². The molecular weight excluding hydrogens is 332 g/mol. The molecule has 1 aromatic carbocycles. The van der Waals surface area contributed by atoms with Crippen molar-refractivity contribution in [3.63, 3.8) is 0 Å². The van der Waals surface area contributed by atoms with Gasteiger partial charge >= 0.3 is 0 Å². The van der Waals surface area contributed by atoms with Crippen LogP contribution >= 0.6 is 11.8 Å². The van der Waals surface area contributed by atoms with Crippen LogP contribution in [0.25, 0.3) is 21.9 Å². The van der Waals surface area contributed by atoms with E-state index in [1.165, 1.54) is 17.3 Å². The summed E-state index contributed by atoms with van der Waals surface area (Å²) < 4.78 is 0. The highest BCUT2D eigenvalue weighted by atomic mass is 32.2. The van der Waals surface area contributed by atoms with Crippen LogP contribution in [0.2, 0.25) is 0 Å². The van der Waals surface area contributed by atoms with Crippen LogP contribution in [0.1, 0.15) is 32.3 Å². The van der Waals surface area contributed by atoms with Gasteiger partial charge in [-0.3, -0.25) is 4.79 Å². The molecule has 1 N–H and O–H groups in total. The number of unbranched alkanes of at least 4 members (excludes halogenated alkanes) is 1. The highest BCUT2D eigenvalue weighted by Crippen LogP contribution is 2.30. The Bertz CT molecular complexity index is 890. The van der Waals surface area contributed by atoms with Crippen LogP contribution in [0.5, 0.6) is 0 Å². The normalized spacial score (nSPS) is 11.3. The number of rotatable bonds is 7. The molecule has 0 aliphatic carbocycles. The Morgan fingerprint density at radius 1 is 1.28 bits per heavy atom. The van der Waals surface area contributed by atoms with Gasteiger partial charge in [0.1, 0.15) is 16.9 Å². The second kappa shape index (κ2) is 7.87. The molecule has 3 rings (SSSR count). The van der Waals surface area contributed by atoms with Crippen LogP contribution in [-0.2, 0) is 4.79 Å². The molecule has 0 saturated carbocycles.